The number of anilines is 1. The molecule has 0 saturated heterocycles. The summed E-state index contributed by atoms with van der Waals surface area (Å²) in [6.07, 6.45) is 2.24. The van der Waals surface area contributed by atoms with E-state index in [1.807, 2.05) is 14.1 Å². The molecule has 1 N–H and O–H groups in total. The highest BCUT2D eigenvalue weighted by atomic mass is 32.2. The average molecular weight is 380 g/mol. The fourth-order valence-corrected chi connectivity index (χ4v) is 5.36. The van der Waals surface area contributed by atoms with E-state index in [2.05, 4.69) is 39.8 Å². The van der Waals surface area contributed by atoms with Crippen molar-refractivity contribution in [3.8, 4) is 0 Å². The van der Waals surface area contributed by atoms with E-state index in [4.69, 9.17) is 0 Å². The lowest BCUT2D eigenvalue weighted by Gasteiger charge is -2.30. The van der Waals surface area contributed by atoms with Crippen LogP contribution < -0.4 is 9.62 Å². The van der Waals surface area contributed by atoms with Crippen LogP contribution in [0.3, 0.4) is 0 Å². The second-order valence-electron chi connectivity index (χ2n) is 6.68. The minimum absolute atomic E-state index is 0.00716. The zero-order valence-corrected chi connectivity index (χ0v) is 16.5. The first-order valence-electron chi connectivity index (χ1n) is 8.42. The minimum Gasteiger partial charge on any atom is -0.374 e. The molecule has 25 heavy (non-hydrogen) atoms. The molecule has 0 fully saturated rings. The zero-order valence-electron chi connectivity index (χ0n) is 14.9. The number of likely N-dealkylation sites (N-methyl/N-ethyl adjacent to an activating group) is 1. The molecule has 1 atom stereocenters. The van der Waals surface area contributed by atoms with Crippen LogP contribution in [-0.4, -0.2) is 47.6 Å². The second-order valence-corrected chi connectivity index (χ2v) is 9.62. The van der Waals surface area contributed by atoms with Gasteiger partial charge < -0.3 is 9.80 Å². The number of nitrogens with zero attached hydrogens (tertiary/aromatic N) is 2. The first-order chi connectivity index (χ1) is 11.9. The van der Waals surface area contributed by atoms with Gasteiger partial charge in [-0.2, -0.15) is 0 Å². The number of nitrogens with one attached hydrogen (secondary N) is 1. The normalized spacial score (nSPS) is 16.1. The molecule has 136 valence electrons. The summed E-state index contributed by atoms with van der Waals surface area (Å²) in [5, 5.41) is 1.78. The van der Waals surface area contributed by atoms with Crippen molar-refractivity contribution in [2.45, 2.75) is 23.1 Å². The predicted octanol–water partition coefficient (Wildman–Crippen LogP) is 2.71. The lowest BCUT2D eigenvalue weighted by atomic mass is 9.96. The molecule has 3 rings (SSSR count). The van der Waals surface area contributed by atoms with Crippen LogP contribution in [0.2, 0.25) is 0 Å². The standard InChI is InChI=1S/C18H25N3O2S2/c1-20(2)17(13-19-25(22,23)18-7-5-11-24-18)15-8-9-16-14(12-15)6-4-10-21(16)3/h5,7-9,11-12,17,19H,4,6,10,13H2,1-3H3. The van der Waals surface area contributed by atoms with Crippen molar-refractivity contribution in [1.29, 1.82) is 0 Å². The van der Waals surface area contributed by atoms with E-state index in [-0.39, 0.29) is 6.04 Å². The van der Waals surface area contributed by atoms with E-state index in [0.717, 1.165) is 24.9 Å². The van der Waals surface area contributed by atoms with Crippen LogP contribution in [0.25, 0.3) is 0 Å². The largest absolute Gasteiger partial charge is 0.374 e. The van der Waals surface area contributed by atoms with Gasteiger partial charge in [0.1, 0.15) is 4.21 Å². The maximum absolute atomic E-state index is 12.4. The number of hydrogen-bond donors (Lipinski definition) is 1. The van der Waals surface area contributed by atoms with E-state index < -0.39 is 10.0 Å². The minimum atomic E-state index is -3.45. The van der Waals surface area contributed by atoms with Gasteiger partial charge in [-0.25, -0.2) is 13.1 Å². The molecule has 1 unspecified atom stereocenters. The summed E-state index contributed by atoms with van der Waals surface area (Å²) in [4.78, 5) is 4.35. The highest BCUT2D eigenvalue weighted by molar-refractivity contribution is 7.91. The third kappa shape index (κ3) is 4.06. The number of sulfonamides is 1. The van der Waals surface area contributed by atoms with E-state index in [9.17, 15) is 8.42 Å². The molecule has 0 bridgehead atoms. The molecule has 0 radical (unpaired) electrons. The van der Waals surface area contributed by atoms with Crippen molar-refractivity contribution >= 4 is 27.0 Å². The van der Waals surface area contributed by atoms with Gasteiger partial charge in [-0.3, -0.25) is 0 Å². The van der Waals surface area contributed by atoms with Crippen LogP contribution in [0.4, 0.5) is 5.69 Å². The van der Waals surface area contributed by atoms with Gasteiger partial charge in [0.15, 0.2) is 0 Å². The summed E-state index contributed by atoms with van der Waals surface area (Å²) in [6.45, 7) is 1.44. The lowest BCUT2D eigenvalue weighted by molar-refractivity contribution is 0.299. The Morgan fingerprint density at radius 2 is 2.12 bits per heavy atom. The van der Waals surface area contributed by atoms with Crippen molar-refractivity contribution < 1.29 is 8.42 Å². The van der Waals surface area contributed by atoms with Gasteiger partial charge >= 0.3 is 0 Å². The molecule has 0 amide bonds. The van der Waals surface area contributed by atoms with Gasteiger partial charge in [-0.15, -0.1) is 11.3 Å². The Hall–Kier alpha value is -1.41. The average Bonchev–Trinajstić information content (AvgIpc) is 3.10. The number of hydrogen-bond acceptors (Lipinski definition) is 5. The topological polar surface area (TPSA) is 52.7 Å². The molecular formula is C18H25N3O2S2. The van der Waals surface area contributed by atoms with Gasteiger partial charge in [-0.1, -0.05) is 18.2 Å². The van der Waals surface area contributed by atoms with E-state index in [1.165, 1.54) is 22.6 Å². The van der Waals surface area contributed by atoms with Crippen molar-refractivity contribution in [2.75, 3.05) is 39.1 Å². The molecule has 7 heteroatoms. The van der Waals surface area contributed by atoms with Crippen LogP contribution in [0, 0.1) is 0 Å². The highest BCUT2D eigenvalue weighted by Gasteiger charge is 2.22. The fourth-order valence-electron chi connectivity index (χ4n) is 3.29. The number of aryl methyl sites for hydroxylation is 1. The highest BCUT2D eigenvalue weighted by Crippen LogP contribution is 2.30. The van der Waals surface area contributed by atoms with Crippen LogP contribution >= 0.6 is 11.3 Å². The summed E-state index contributed by atoms with van der Waals surface area (Å²) in [7, 11) is 2.64. The van der Waals surface area contributed by atoms with Crippen molar-refractivity contribution in [2.24, 2.45) is 0 Å². The maximum atomic E-state index is 12.4. The summed E-state index contributed by atoms with van der Waals surface area (Å²) < 4.78 is 27.9. The van der Waals surface area contributed by atoms with Crippen molar-refractivity contribution in [3.63, 3.8) is 0 Å². The molecular weight excluding hydrogens is 354 g/mol. The van der Waals surface area contributed by atoms with Gasteiger partial charge in [0, 0.05) is 31.9 Å². The van der Waals surface area contributed by atoms with E-state index in [1.54, 1.807) is 17.5 Å². The van der Waals surface area contributed by atoms with Crippen LogP contribution in [0.1, 0.15) is 23.6 Å². The molecule has 1 aromatic carbocycles. The smallest absolute Gasteiger partial charge is 0.250 e. The Balaban J connectivity index is 1.80. The Kier molecular flexibility index (Phi) is 5.48. The molecule has 1 aromatic heterocycles. The SMILES string of the molecule is CN1CCCc2cc(C(CNS(=O)(=O)c3cccs3)N(C)C)ccc21. The molecule has 0 spiro atoms. The van der Waals surface area contributed by atoms with Gasteiger partial charge in [0.2, 0.25) is 10.0 Å². The molecule has 0 aliphatic carbocycles. The summed E-state index contributed by atoms with van der Waals surface area (Å²) >= 11 is 1.23. The first kappa shape index (κ1) is 18.4. The van der Waals surface area contributed by atoms with Crippen LogP contribution in [0.15, 0.2) is 39.9 Å². The quantitative estimate of drug-likeness (QED) is 0.838. The second kappa shape index (κ2) is 7.45. The Morgan fingerprint density at radius 1 is 1.32 bits per heavy atom. The summed E-state index contributed by atoms with van der Waals surface area (Å²) in [5.74, 6) is 0. The number of benzene rings is 1. The third-order valence-corrected chi connectivity index (χ3v) is 7.51. The fraction of sp³-hybridized carbons (Fsp3) is 0.444. The number of fused-ring (bicyclic) bond motifs is 1. The van der Waals surface area contributed by atoms with Gasteiger partial charge in [-0.05, 0) is 55.6 Å². The predicted molar refractivity (Wildman–Crippen MR) is 104 cm³/mol. The Bertz CT molecular complexity index is 817. The molecule has 2 heterocycles. The Labute approximate surface area is 154 Å². The van der Waals surface area contributed by atoms with Crippen molar-refractivity contribution in [3.05, 3.63) is 46.8 Å². The van der Waals surface area contributed by atoms with Crippen molar-refractivity contribution in [1.82, 2.24) is 9.62 Å². The van der Waals surface area contributed by atoms with E-state index >= 15 is 0 Å². The number of rotatable bonds is 6. The molecule has 2 aromatic rings. The molecule has 1 aliphatic heterocycles. The van der Waals surface area contributed by atoms with Crippen LogP contribution in [0.5, 0.6) is 0 Å². The third-order valence-electron chi connectivity index (χ3n) is 4.69. The lowest BCUT2D eigenvalue weighted by Crippen LogP contribution is -2.34. The maximum Gasteiger partial charge on any atom is 0.250 e. The number of thiophene rings is 1. The van der Waals surface area contributed by atoms with Crippen LogP contribution in [-0.2, 0) is 16.4 Å². The molecule has 0 saturated carbocycles. The monoisotopic (exact) mass is 379 g/mol. The zero-order chi connectivity index (χ0) is 18.0. The van der Waals surface area contributed by atoms with E-state index in [0.29, 0.717) is 10.8 Å². The summed E-state index contributed by atoms with van der Waals surface area (Å²) in [6, 6.07) is 9.88. The molecule has 5 nitrogen and oxygen atoms in total. The Morgan fingerprint density at radius 3 is 2.80 bits per heavy atom. The summed E-state index contributed by atoms with van der Waals surface area (Å²) in [5.41, 5.74) is 3.78. The van der Waals surface area contributed by atoms with Gasteiger partial charge in [0.25, 0.3) is 0 Å². The molecule has 1 aliphatic rings. The van der Waals surface area contributed by atoms with Gasteiger partial charge in [0.05, 0.1) is 0 Å². The first-order valence-corrected chi connectivity index (χ1v) is 10.8.